The van der Waals surface area contributed by atoms with Crippen molar-refractivity contribution in [1.82, 2.24) is 30.1 Å². The molecule has 2 aliphatic heterocycles. The van der Waals surface area contributed by atoms with Crippen molar-refractivity contribution in [3.8, 4) is 11.5 Å². The zero-order valence-corrected chi connectivity index (χ0v) is 18.8. The Hall–Kier alpha value is -2.94. The average molecular weight is 451 g/mol. The van der Waals surface area contributed by atoms with Crippen molar-refractivity contribution in [2.75, 3.05) is 26.3 Å². The van der Waals surface area contributed by atoms with Gasteiger partial charge in [-0.05, 0) is 61.3 Å². The number of nitrogens with one attached hydrogen (secondary N) is 1. The molecule has 1 saturated heterocycles. The van der Waals surface area contributed by atoms with Crippen LogP contribution in [0.15, 0.2) is 23.0 Å². The number of pyridine rings is 1. The van der Waals surface area contributed by atoms with Crippen molar-refractivity contribution in [2.24, 2.45) is 0 Å². The normalized spacial score (nSPS) is 20.7. The van der Waals surface area contributed by atoms with Crippen molar-refractivity contribution in [2.45, 2.75) is 63.5 Å². The number of ether oxygens (including phenoxy) is 2. The van der Waals surface area contributed by atoms with E-state index in [2.05, 4.69) is 25.4 Å². The van der Waals surface area contributed by atoms with Crippen molar-refractivity contribution < 1.29 is 9.47 Å². The number of aromatic amines is 1. The Kier molecular flexibility index (Phi) is 5.49. The van der Waals surface area contributed by atoms with Gasteiger partial charge in [0.25, 0.3) is 5.56 Å². The average Bonchev–Trinajstić information content (AvgIpc) is 3.46. The number of tetrazole rings is 1. The third-order valence-electron chi connectivity index (χ3n) is 7.27. The second kappa shape index (κ2) is 8.78. The molecule has 174 valence electrons. The summed E-state index contributed by atoms with van der Waals surface area (Å²) in [5.74, 6) is 2.17. The first-order valence-electron chi connectivity index (χ1n) is 12.3. The van der Waals surface area contributed by atoms with Crippen LogP contribution in [0.2, 0.25) is 0 Å². The fourth-order valence-corrected chi connectivity index (χ4v) is 5.60. The SMILES string of the molecule is O=c1[nH]c2cc3c(cc2cc1[C@H](c1nnnn1C1CCCC1)N1CCCCCC1)OCCO3. The molecule has 6 rings (SSSR count). The highest BCUT2D eigenvalue weighted by atomic mass is 16.6. The van der Waals surface area contributed by atoms with Crippen LogP contribution in [0.5, 0.6) is 11.5 Å². The Bertz CT molecular complexity index is 1190. The Labute approximate surface area is 192 Å². The minimum Gasteiger partial charge on any atom is -0.486 e. The molecule has 4 heterocycles. The van der Waals surface area contributed by atoms with Crippen LogP contribution in [0.25, 0.3) is 10.9 Å². The maximum Gasteiger partial charge on any atom is 0.253 e. The molecule has 0 spiro atoms. The number of benzene rings is 1. The summed E-state index contributed by atoms with van der Waals surface area (Å²) in [6.45, 7) is 2.91. The lowest BCUT2D eigenvalue weighted by molar-refractivity contribution is 0.172. The van der Waals surface area contributed by atoms with Gasteiger partial charge in [0.1, 0.15) is 19.3 Å². The summed E-state index contributed by atoms with van der Waals surface area (Å²) in [5.41, 5.74) is 1.34. The Morgan fingerprint density at radius 2 is 1.67 bits per heavy atom. The van der Waals surface area contributed by atoms with E-state index in [-0.39, 0.29) is 11.6 Å². The zero-order valence-electron chi connectivity index (χ0n) is 18.8. The van der Waals surface area contributed by atoms with Crippen LogP contribution in [0, 0.1) is 0 Å². The van der Waals surface area contributed by atoms with Gasteiger partial charge in [-0.2, -0.15) is 0 Å². The third-order valence-corrected chi connectivity index (χ3v) is 7.27. The lowest BCUT2D eigenvalue weighted by atomic mass is 10.0. The van der Waals surface area contributed by atoms with Gasteiger partial charge >= 0.3 is 0 Å². The highest BCUT2D eigenvalue weighted by Gasteiger charge is 2.33. The maximum absolute atomic E-state index is 13.5. The van der Waals surface area contributed by atoms with Gasteiger partial charge in [0.15, 0.2) is 17.3 Å². The Morgan fingerprint density at radius 3 is 2.42 bits per heavy atom. The molecule has 1 saturated carbocycles. The maximum atomic E-state index is 13.5. The number of hydrogen-bond donors (Lipinski definition) is 1. The summed E-state index contributed by atoms with van der Waals surface area (Å²) in [6.07, 6.45) is 9.23. The number of likely N-dealkylation sites (tertiary alicyclic amines) is 1. The summed E-state index contributed by atoms with van der Waals surface area (Å²) >= 11 is 0. The van der Waals surface area contributed by atoms with E-state index < -0.39 is 0 Å². The first-order valence-corrected chi connectivity index (χ1v) is 12.3. The monoisotopic (exact) mass is 450 g/mol. The fraction of sp³-hybridized carbons (Fsp3) is 0.583. The third kappa shape index (κ3) is 3.88. The number of aromatic nitrogens is 5. The summed E-state index contributed by atoms with van der Waals surface area (Å²) in [5, 5.41) is 13.9. The smallest absolute Gasteiger partial charge is 0.253 e. The second-order valence-electron chi connectivity index (χ2n) is 9.41. The summed E-state index contributed by atoms with van der Waals surface area (Å²) in [6, 6.07) is 5.85. The van der Waals surface area contributed by atoms with Gasteiger partial charge in [0.05, 0.1) is 11.6 Å². The minimum absolute atomic E-state index is 0.102. The molecule has 0 bridgehead atoms. The lowest BCUT2D eigenvalue weighted by Crippen LogP contribution is -2.36. The van der Waals surface area contributed by atoms with E-state index in [1.807, 2.05) is 22.9 Å². The van der Waals surface area contributed by atoms with Gasteiger partial charge in [-0.25, -0.2) is 4.68 Å². The molecule has 1 N–H and O–H groups in total. The van der Waals surface area contributed by atoms with Crippen LogP contribution < -0.4 is 15.0 Å². The van der Waals surface area contributed by atoms with Gasteiger partial charge < -0.3 is 14.5 Å². The van der Waals surface area contributed by atoms with Crippen LogP contribution in [0.3, 0.4) is 0 Å². The molecular formula is C24H30N6O3. The van der Waals surface area contributed by atoms with Crippen molar-refractivity contribution >= 4 is 10.9 Å². The van der Waals surface area contributed by atoms with Crippen LogP contribution in [-0.4, -0.2) is 56.4 Å². The number of H-pyrrole nitrogens is 1. The molecule has 1 atom stereocenters. The molecule has 9 heteroatoms. The first kappa shape index (κ1) is 20.7. The minimum atomic E-state index is -0.278. The summed E-state index contributed by atoms with van der Waals surface area (Å²) in [4.78, 5) is 19.0. The molecule has 3 aliphatic rings. The van der Waals surface area contributed by atoms with E-state index in [1.54, 1.807) is 0 Å². The van der Waals surface area contributed by atoms with Gasteiger partial charge in [-0.1, -0.05) is 25.7 Å². The Balaban J connectivity index is 1.49. The predicted molar refractivity (Wildman–Crippen MR) is 123 cm³/mol. The lowest BCUT2D eigenvalue weighted by Gasteiger charge is -2.30. The largest absolute Gasteiger partial charge is 0.486 e. The molecule has 1 aromatic carbocycles. The first-order chi connectivity index (χ1) is 16.3. The number of fused-ring (bicyclic) bond motifs is 2. The highest BCUT2D eigenvalue weighted by molar-refractivity contribution is 5.83. The molecule has 9 nitrogen and oxygen atoms in total. The molecule has 3 aromatic rings. The molecule has 33 heavy (non-hydrogen) atoms. The van der Waals surface area contributed by atoms with E-state index >= 15 is 0 Å². The molecule has 0 radical (unpaired) electrons. The summed E-state index contributed by atoms with van der Waals surface area (Å²) < 4.78 is 13.5. The van der Waals surface area contributed by atoms with Gasteiger partial charge in [0, 0.05) is 17.0 Å². The van der Waals surface area contributed by atoms with Crippen LogP contribution in [-0.2, 0) is 0 Å². The Morgan fingerprint density at radius 1 is 0.939 bits per heavy atom. The van der Waals surface area contributed by atoms with Gasteiger partial charge in [0.2, 0.25) is 0 Å². The highest BCUT2D eigenvalue weighted by Crippen LogP contribution is 2.37. The van der Waals surface area contributed by atoms with E-state index in [1.165, 1.54) is 25.7 Å². The van der Waals surface area contributed by atoms with Crippen LogP contribution in [0.4, 0.5) is 0 Å². The van der Waals surface area contributed by atoms with E-state index in [4.69, 9.17) is 9.47 Å². The number of hydrogen-bond acceptors (Lipinski definition) is 7. The fourth-order valence-electron chi connectivity index (χ4n) is 5.60. The van der Waals surface area contributed by atoms with Crippen molar-refractivity contribution in [1.29, 1.82) is 0 Å². The molecule has 0 unspecified atom stereocenters. The predicted octanol–water partition coefficient (Wildman–Crippen LogP) is 3.37. The molecular weight excluding hydrogens is 420 g/mol. The van der Waals surface area contributed by atoms with Gasteiger partial charge in [-0.15, -0.1) is 5.10 Å². The quantitative estimate of drug-likeness (QED) is 0.651. The van der Waals surface area contributed by atoms with E-state index in [9.17, 15) is 4.79 Å². The van der Waals surface area contributed by atoms with Crippen LogP contribution in [0.1, 0.15) is 74.8 Å². The number of rotatable bonds is 4. The molecule has 2 fully saturated rings. The topological polar surface area (TPSA) is 98.2 Å². The van der Waals surface area contributed by atoms with Gasteiger partial charge in [-0.3, -0.25) is 9.69 Å². The second-order valence-corrected chi connectivity index (χ2v) is 9.41. The standard InChI is InChI=1S/C24H30N6O3/c31-24-18(13-16-14-20-21(15-19(16)25-24)33-12-11-32-20)22(29-9-5-1-2-6-10-29)23-26-27-28-30(23)17-7-3-4-8-17/h13-15,17,22H,1-12H2,(H,25,31)/t22-/m1/s1. The van der Waals surface area contributed by atoms with Crippen LogP contribution >= 0.6 is 0 Å². The van der Waals surface area contributed by atoms with Crippen molar-refractivity contribution in [3.05, 3.63) is 39.9 Å². The van der Waals surface area contributed by atoms with E-state index in [0.29, 0.717) is 36.3 Å². The summed E-state index contributed by atoms with van der Waals surface area (Å²) in [7, 11) is 0. The number of nitrogens with zero attached hydrogens (tertiary/aromatic N) is 5. The molecule has 2 aromatic heterocycles. The molecule has 0 amide bonds. The zero-order chi connectivity index (χ0) is 22.2. The van der Waals surface area contributed by atoms with E-state index in [0.717, 1.165) is 55.5 Å². The molecule has 1 aliphatic carbocycles. The van der Waals surface area contributed by atoms with Crippen molar-refractivity contribution in [3.63, 3.8) is 0 Å².